The van der Waals surface area contributed by atoms with Crippen molar-refractivity contribution in [3.63, 3.8) is 0 Å². The molecule has 7 nitrogen and oxygen atoms in total. The molecule has 0 spiro atoms. The summed E-state index contributed by atoms with van der Waals surface area (Å²) in [5.74, 6) is -0.684. The molecule has 0 unspecified atom stereocenters. The summed E-state index contributed by atoms with van der Waals surface area (Å²) in [5, 5.41) is 15.0. The molecule has 26 heavy (non-hydrogen) atoms. The summed E-state index contributed by atoms with van der Waals surface area (Å²) in [4.78, 5) is 16.2. The van der Waals surface area contributed by atoms with E-state index in [-0.39, 0.29) is 45.9 Å². The normalized spacial score (nSPS) is 11.0. The first-order chi connectivity index (χ1) is 11.9. The number of hydrogen-bond acceptors (Lipinski definition) is 4. The van der Waals surface area contributed by atoms with Gasteiger partial charge in [0.1, 0.15) is 12.1 Å². The molecule has 0 saturated carbocycles. The topological polar surface area (TPSA) is 98.4 Å². The number of carbonyl (C=O) groups is 1. The van der Waals surface area contributed by atoms with Crippen LogP contribution in [0.2, 0.25) is 5.02 Å². The fraction of sp³-hybridized carbons (Fsp3) is 0.118. The Kier molecular flexibility index (Phi) is 4.74. The van der Waals surface area contributed by atoms with Crippen LogP contribution in [0.5, 0.6) is 5.75 Å². The minimum absolute atomic E-state index is 0. The maximum Gasteiger partial charge on any atom is 1.00 e. The van der Waals surface area contributed by atoms with Gasteiger partial charge in [-0.05, 0) is 37.2 Å². The number of primary amides is 1. The first-order valence-corrected chi connectivity index (χ1v) is 7.83. The number of aromatic nitrogens is 4. The van der Waals surface area contributed by atoms with Crippen molar-refractivity contribution < 1.29 is 39.5 Å². The number of phenols is 1. The van der Waals surface area contributed by atoms with Crippen LogP contribution in [-0.2, 0) is 0 Å². The van der Waals surface area contributed by atoms with Gasteiger partial charge < -0.3 is 20.2 Å². The minimum Gasteiger partial charge on any atom is -0.507 e. The van der Waals surface area contributed by atoms with E-state index in [0.717, 1.165) is 11.1 Å². The van der Waals surface area contributed by atoms with Gasteiger partial charge in [-0.1, -0.05) is 34.7 Å². The first-order valence-electron chi connectivity index (χ1n) is 7.45. The van der Waals surface area contributed by atoms with Crippen LogP contribution in [0.25, 0.3) is 22.4 Å². The number of amides is 1. The zero-order valence-corrected chi connectivity index (χ0v) is 17.2. The number of carbonyl (C=O) groups excluding carboxylic acids is 1. The van der Waals surface area contributed by atoms with Crippen LogP contribution in [0.15, 0.2) is 24.5 Å². The van der Waals surface area contributed by atoms with Crippen molar-refractivity contribution in [3.8, 4) is 11.4 Å². The third kappa shape index (κ3) is 2.59. The Labute approximate surface area is 175 Å². The Bertz CT molecular complexity index is 1180. The Balaban J connectivity index is 0.00000196. The van der Waals surface area contributed by atoms with Crippen LogP contribution in [-0.4, -0.2) is 30.2 Å². The van der Waals surface area contributed by atoms with Crippen LogP contribution in [0.3, 0.4) is 0 Å². The van der Waals surface area contributed by atoms with Gasteiger partial charge in [-0.2, -0.15) is 5.10 Å². The van der Waals surface area contributed by atoms with E-state index in [1.165, 1.54) is 12.4 Å². The van der Waals surface area contributed by atoms with Crippen molar-refractivity contribution in [2.45, 2.75) is 13.8 Å². The Morgan fingerprint density at radius 1 is 1.31 bits per heavy atom. The van der Waals surface area contributed by atoms with Gasteiger partial charge in [0.05, 0.1) is 5.02 Å². The van der Waals surface area contributed by atoms with Gasteiger partial charge in [0.2, 0.25) is 0 Å². The number of nitrogens with two attached hydrogens (primary N) is 1. The molecule has 0 aliphatic carbocycles. The largest absolute Gasteiger partial charge is 1.00 e. The van der Waals surface area contributed by atoms with Gasteiger partial charge in [0, 0.05) is 11.3 Å². The second kappa shape index (κ2) is 6.59. The number of benzene rings is 1. The summed E-state index contributed by atoms with van der Waals surface area (Å²) in [6.45, 7) is 3.72. The van der Waals surface area contributed by atoms with E-state index < -0.39 is 5.91 Å². The summed E-state index contributed by atoms with van der Waals surface area (Å²) in [7, 11) is 0. The van der Waals surface area contributed by atoms with E-state index in [9.17, 15) is 9.90 Å². The van der Waals surface area contributed by atoms with Crippen molar-refractivity contribution in [2.24, 2.45) is 5.73 Å². The van der Waals surface area contributed by atoms with E-state index in [2.05, 4.69) is 16.3 Å². The maximum absolute atomic E-state index is 11.9. The predicted octanol–water partition coefficient (Wildman–Crippen LogP) is -0.448. The number of aryl methyl sites for hydroxylation is 2. The molecule has 0 bridgehead atoms. The average Bonchev–Trinajstić information content (AvgIpc) is 3.16. The molecule has 4 aromatic rings. The summed E-state index contributed by atoms with van der Waals surface area (Å²) in [6.07, 6.45) is 4.41. The predicted molar refractivity (Wildman–Crippen MR) is 93.3 cm³/mol. The molecule has 1 amide bonds. The molecule has 0 radical (unpaired) electrons. The SMILES string of the molecule is Cc1ccc(O)c(Cl)c1-n1[c-]c(C(N)=O)c2cc(C)c3ncnn3c21.[Na+]. The molecular weight excluding hydrogens is 365 g/mol. The Morgan fingerprint density at radius 2 is 2.04 bits per heavy atom. The van der Waals surface area contributed by atoms with E-state index in [1.807, 2.05) is 19.9 Å². The molecule has 0 atom stereocenters. The number of aromatic hydroxyl groups is 1. The number of nitrogens with zero attached hydrogens (tertiary/aromatic N) is 4. The van der Waals surface area contributed by atoms with E-state index in [1.54, 1.807) is 15.1 Å². The molecule has 3 N–H and O–H groups in total. The zero-order chi connectivity index (χ0) is 17.9. The van der Waals surface area contributed by atoms with Gasteiger partial charge in [-0.3, -0.25) is 0 Å². The number of rotatable bonds is 2. The maximum atomic E-state index is 11.9. The fourth-order valence-electron chi connectivity index (χ4n) is 3.02. The van der Waals surface area contributed by atoms with E-state index in [0.29, 0.717) is 22.4 Å². The van der Waals surface area contributed by atoms with Gasteiger partial charge in [-0.15, -0.1) is 0 Å². The third-order valence-corrected chi connectivity index (χ3v) is 4.55. The van der Waals surface area contributed by atoms with Crippen LogP contribution in [0, 0.1) is 20.0 Å². The number of hydrogen-bond donors (Lipinski definition) is 2. The van der Waals surface area contributed by atoms with E-state index >= 15 is 0 Å². The Hall–Kier alpha value is -2.06. The molecule has 126 valence electrons. The second-order valence-electron chi connectivity index (χ2n) is 5.81. The van der Waals surface area contributed by atoms with Crippen molar-refractivity contribution in [1.82, 2.24) is 19.2 Å². The molecule has 4 rings (SSSR count). The van der Waals surface area contributed by atoms with Crippen molar-refractivity contribution >= 4 is 34.2 Å². The second-order valence-corrected chi connectivity index (χ2v) is 6.19. The smallest absolute Gasteiger partial charge is 0.507 e. The number of pyridine rings is 1. The van der Waals surface area contributed by atoms with Gasteiger partial charge >= 0.3 is 29.6 Å². The molecule has 0 saturated heterocycles. The van der Waals surface area contributed by atoms with E-state index in [4.69, 9.17) is 17.3 Å². The molecule has 0 aliphatic heterocycles. The van der Waals surface area contributed by atoms with Crippen LogP contribution < -0.4 is 35.3 Å². The monoisotopic (exact) mass is 377 g/mol. The number of halogens is 1. The molecular formula is C17H13ClN5NaO2. The third-order valence-electron chi connectivity index (χ3n) is 4.18. The molecule has 0 aliphatic rings. The van der Waals surface area contributed by atoms with Gasteiger partial charge in [-0.25, -0.2) is 9.50 Å². The van der Waals surface area contributed by atoms with Crippen molar-refractivity contribution in [2.75, 3.05) is 0 Å². The fourth-order valence-corrected chi connectivity index (χ4v) is 3.32. The van der Waals surface area contributed by atoms with Crippen LogP contribution >= 0.6 is 11.6 Å². The summed E-state index contributed by atoms with van der Waals surface area (Å²) >= 11 is 6.33. The molecule has 3 heterocycles. The summed E-state index contributed by atoms with van der Waals surface area (Å²) in [5.41, 5.74) is 9.08. The Morgan fingerprint density at radius 3 is 2.73 bits per heavy atom. The van der Waals surface area contributed by atoms with Crippen molar-refractivity contribution in [3.05, 3.63) is 52.4 Å². The molecule has 9 heteroatoms. The number of fused-ring (bicyclic) bond motifs is 3. The van der Waals surface area contributed by atoms with Crippen LogP contribution in [0.4, 0.5) is 0 Å². The number of phenolic OH excluding ortho intramolecular Hbond substituents is 1. The summed E-state index contributed by atoms with van der Waals surface area (Å²) < 4.78 is 3.20. The molecule has 3 aromatic heterocycles. The molecule has 0 fully saturated rings. The zero-order valence-electron chi connectivity index (χ0n) is 14.4. The first kappa shape index (κ1) is 18.7. The quantitative estimate of drug-likeness (QED) is 0.365. The van der Waals surface area contributed by atoms with Crippen LogP contribution in [0.1, 0.15) is 21.5 Å². The standard InChI is InChI=1S/C17H13ClN5O2.Na/c1-8-3-4-12(24)13(18)14(8)22-6-11(15(19)25)10-5-9(2)16-20-7-21-23(16)17(10)22;/h3-5,7,24H,1-2H3,(H2,19,25);/q-1;+1. The average molecular weight is 378 g/mol. The van der Waals surface area contributed by atoms with Gasteiger partial charge in [0.15, 0.2) is 11.6 Å². The summed E-state index contributed by atoms with van der Waals surface area (Å²) in [6, 6.07) is 5.06. The van der Waals surface area contributed by atoms with Crippen molar-refractivity contribution in [1.29, 1.82) is 0 Å². The minimum atomic E-state index is -0.614. The van der Waals surface area contributed by atoms with Gasteiger partial charge in [0.25, 0.3) is 0 Å². The molecule has 1 aromatic carbocycles.